The fourth-order valence-electron chi connectivity index (χ4n) is 8.36. The largest absolute Gasteiger partial charge is 0.384 e. The molecule has 4 fully saturated rings. The maximum Gasteiger partial charge on any atom is 0.147 e. The van der Waals surface area contributed by atoms with E-state index in [0.29, 0.717) is 22.4 Å². The Labute approximate surface area is 168 Å². The Hall–Kier alpha value is 0.110. The second-order valence-electron chi connectivity index (χ2n) is 10.5. The summed E-state index contributed by atoms with van der Waals surface area (Å²) in [4.78, 5) is 12.6. The lowest BCUT2D eigenvalue weighted by Gasteiger charge is -2.61. The van der Waals surface area contributed by atoms with E-state index in [-0.39, 0.29) is 5.41 Å². The smallest absolute Gasteiger partial charge is 0.147 e. The van der Waals surface area contributed by atoms with Crippen LogP contribution in [0.15, 0.2) is 0 Å². The zero-order valence-corrected chi connectivity index (χ0v) is 18.5. The van der Waals surface area contributed by atoms with Crippen LogP contribution >= 0.6 is 15.9 Å². The Kier molecular flexibility index (Phi) is 5.36. The molecule has 4 aliphatic carbocycles. The van der Waals surface area contributed by atoms with Crippen molar-refractivity contribution in [2.75, 3.05) is 19.0 Å². The molecule has 4 rings (SSSR count). The number of hydrogen-bond acceptors (Lipinski definition) is 2. The zero-order valence-electron chi connectivity index (χ0n) is 16.9. The van der Waals surface area contributed by atoms with Gasteiger partial charge in [0.25, 0.3) is 0 Å². The molecule has 0 spiro atoms. The van der Waals surface area contributed by atoms with Gasteiger partial charge in [-0.1, -0.05) is 29.8 Å². The third kappa shape index (κ3) is 2.86. The van der Waals surface area contributed by atoms with E-state index in [0.717, 1.165) is 42.6 Å². The average Bonchev–Trinajstić information content (AvgIpc) is 2.99. The van der Waals surface area contributed by atoms with Gasteiger partial charge in [0.05, 0.1) is 5.33 Å². The second kappa shape index (κ2) is 7.17. The van der Waals surface area contributed by atoms with E-state index in [1.165, 1.54) is 51.4 Å². The van der Waals surface area contributed by atoms with Gasteiger partial charge in [-0.15, -0.1) is 0 Å². The van der Waals surface area contributed by atoms with Crippen LogP contribution in [0.1, 0.15) is 71.6 Å². The molecule has 0 saturated heterocycles. The predicted octanol–water partition coefficient (Wildman–Crippen LogP) is 5.87. The highest BCUT2D eigenvalue weighted by Gasteiger charge is 2.60. The van der Waals surface area contributed by atoms with Gasteiger partial charge in [-0.05, 0) is 98.2 Å². The molecule has 0 aromatic heterocycles. The molecule has 2 nitrogen and oxygen atoms in total. The Morgan fingerprint density at radius 3 is 2.46 bits per heavy atom. The minimum absolute atomic E-state index is 0.280. The lowest BCUT2D eigenvalue weighted by Crippen LogP contribution is -2.54. The van der Waals surface area contributed by atoms with Gasteiger partial charge in [0.1, 0.15) is 5.78 Å². The van der Waals surface area contributed by atoms with Crippen LogP contribution < -0.4 is 0 Å². The van der Waals surface area contributed by atoms with Crippen molar-refractivity contribution in [3.63, 3.8) is 0 Å². The summed E-state index contributed by atoms with van der Waals surface area (Å²) in [6, 6.07) is 0. The number of alkyl halides is 1. The van der Waals surface area contributed by atoms with Crippen LogP contribution in [0.25, 0.3) is 0 Å². The molecule has 4 saturated carbocycles. The number of rotatable bonds is 4. The average molecular weight is 425 g/mol. The van der Waals surface area contributed by atoms with E-state index < -0.39 is 0 Å². The molecular weight excluding hydrogens is 388 g/mol. The molecule has 0 heterocycles. The zero-order chi connectivity index (χ0) is 18.5. The van der Waals surface area contributed by atoms with E-state index in [4.69, 9.17) is 4.74 Å². The summed E-state index contributed by atoms with van der Waals surface area (Å²) in [5.74, 6) is 5.05. The highest BCUT2D eigenvalue weighted by atomic mass is 79.9. The SMILES string of the molecule is COCC1CCC2(C)C(CCC3C2CCC2(C)C3CC[C@@H]2C(=O)CBr)C1. The van der Waals surface area contributed by atoms with Gasteiger partial charge >= 0.3 is 0 Å². The first-order valence-electron chi connectivity index (χ1n) is 11.0. The number of Topliss-reactive ketones (excluding diaryl/α,β-unsaturated/α-hetero) is 1. The first-order chi connectivity index (χ1) is 12.4. The van der Waals surface area contributed by atoms with E-state index in [9.17, 15) is 4.79 Å². The van der Waals surface area contributed by atoms with Gasteiger partial charge in [-0.3, -0.25) is 4.79 Å². The van der Waals surface area contributed by atoms with Crippen LogP contribution in [-0.2, 0) is 9.53 Å². The summed E-state index contributed by atoms with van der Waals surface area (Å²) in [6.45, 7) is 6.06. The molecule has 0 radical (unpaired) electrons. The molecule has 8 atom stereocenters. The molecule has 0 aromatic carbocycles. The Morgan fingerprint density at radius 1 is 1.00 bits per heavy atom. The normalized spacial score (nSPS) is 50.6. The van der Waals surface area contributed by atoms with Crippen LogP contribution in [0.2, 0.25) is 0 Å². The number of halogens is 1. The molecule has 26 heavy (non-hydrogen) atoms. The van der Waals surface area contributed by atoms with E-state index >= 15 is 0 Å². The van der Waals surface area contributed by atoms with Crippen molar-refractivity contribution in [2.24, 2.45) is 46.3 Å². The van der Waals surface area contributed by atoms with E-state index in [1.807, 2.05) is 7.11 Å². The molecule has 0 aromatic rings. The van der Waals surface area contributed by atoms with Crippen molar-refractivity contribution in [1.82, 2.24) is 0 Å². The highest BCUT2D eigenvalue weighted by molar-refractivity contribution is 9.09. The number of ether oxygens (including phenoxy) is 1. The molecule has 148 valence electrons. The molecule has 0 bridgehead atoms. The molecule has 3 heteroatoms. The highest BCUT2D eigenvalue weighted by Crippen LogP contribution is 2.67. The molecule has 0 aliphatic heterocycles. The minimum Gasteiger partial charge on any atom is -0.384 e. The van der Waals surface area contributed by atoms with Crippen LogP contribution in [0.5, 0.6) is 0 Å². The van der Waals surface area contributed by atoms with Crippen LogP contribution in [-0.4, -0.2) is 24.8 Å². The van der Waals surface area contributed by atoms with Gasteiger partial charge in [0.15, 0.2) is 0 Å². The van der Waals surface area contributed by atoms with Gasteiger partial charge < -0.3 is 4.74 Å². The number of methoxy groups -OCH3 is 1. The van der Waals surface area contributed by atoms with Crippen LogP contribution in [0.3, 0.4) is 0 Å². The quantitative estimate of drug-likeness (QED) is 0.527. The monoisotopic (exact) mass is 424 g/mol. The number of hydrogen-bond donors (Lipinski definition) is 0. The van der Waals surface area contributed by atoms with Crippen LogP contribution in [0, 0.1) is 46.3 Å². The Morgan fingerprint density at radius 2 is 1.73 bits per heavy atom. The summed E-state index contributed by atoms with van der Waals surface area (Å²) in [5, 5.41) is 0.550. The number of carbonyl (C=O) groups excluding carboxylic acids is 1. The first kappa shape index (κ1) is 19.4. The van der Waals surface area contributed by atoms with Gasteiger partial charge in [-0.2, -0.15) is 0 Å². The van der Waals surface area contributed by atoms with Crippen molar-refractivity contribution in [2.45, 2.75) is 71.6 Å². The lowest BCUT2D eigenvalue weighted by molar-refractivity contribution is -0.135. The van der Waals surface area contributed by atoms with Crippen molar-refractivity contribution in [3.8, 4) is 0 Å². The number of ketones is 1. The maximum absolute atomic E-state index is 12.6. The third-order valence-electron chi connectivity index (χ3n) is 9.70. The van der Waals surface area contributed by atoms with Crippen molar-refractivity contribution >= 4 is 21.7 Å². The van der Waals surface area contributed by atoms with Gasteiger partial charge in [0, 0.05) is 19.6 Å². The topological polar surface area (TPSA) is 26.3 Å². The standard InChI is InChI=1S/C23H37BrO2/c1-22-10-8-15(14-26-3)12-16(22)4-5-17-18-6-7-20(21(25)13-24)23(18,2)11-9-19(17)22/h15-20H,4-14H2,1-3H3/t15?,16?,17?,18?,19?,20-,22?,23?/m1/s1. The number of fused-ring (bicyclic) bond motifs is 5. The summed E-state index contributed by atoms with van der Waals surface area (Å²) < 4.78 is 5.48. The number of carbonyl (C=O) groups is 1. The van der Waals surface area contributed by atoms with Crippen molar-refractivity contribution in [3.05, 3.63) is 0 Å². The summed E-state index contributed by atoms with van der Waals surface area (Å²) in [5.41, 5.74) is 0.828. The third-order valence-corrected chi connectivity index (χ3v) is 10.2. The summed E-state index contributed by atoms with van der Waals surface area (Å²) in [7, 11) is 1.86. The minimum atomic E-state index is 0.280. The molecular formula is C23H37BrO2. The first-order valence-corrected chi connectivity index (χ1v) is 12.1. The maximum atomic E-state index is 12.6. The van der Waals surface area contributed by atoms with Crippen molar-refractivity contribution in [1.29, 1.82) is 0 Å². The molecule has 7 unspecified atom stereocenters. The Bertz CT molecular complexity index is 548. The van der Waals surface area contributed by atoms with Gasteiger partial charge in [0.2, 0.25) is 0 Å². The van der Waals surface area contributed by atoms with Gasteiger partial charge in [-0.25, -0.2) is 0 Å². The lowest BCUT2D eigenvalue weighted by atomic mass is 9.44. The second-order valence-corrected chi connectivity index (χ2v) is 11.1. The van der Waals surface area contributed by atoms with Crippen LogP contribution in [0.4, 0.5) is 0 Å². The predicted molar refractivity (Wildman–Crippen MR) is 109 cm³/mol. The fourth-order valence-corrected chi connectivity index (χ4v) is 8.75. The molecule has 0 amide bonds. The molecule has 0 N–H and O–H groups in total. The summed E-state index contributed by atoms with van der Waals surface area (Å²) >= 11 is 3.45. The van der Waals surface area contributed by atoms with E-state index in [1.54, 1.807) is 0 Å². The van der Waals surface area contributed by atoms with E-state index in [2.05, 4.69) is 29.8 Å². The fraction of sp³-hybridized carbons (Fsp3) is 0.957. The molecule has 4 aliphatic rings. The summed E-state index contributed by atoms with van der Waals surface area (Å²) in [6.07, 6.45) is 12.1. The van der Waals surface area contributed by atoms with Crippen molar-refractivity contribution < 1.29 is 9.53 Å². The Balaban J connectivity index is 1.54.